The van der Waals surface area contributed by atoms with Crippen molar-refractivity contribution in [3.05, 3.63) is 65.1 Å². The molecule has 1 aromatic carbocycles. The van der Waals surface area contributed by atoms with Crippen LogP contribution in [-0.2, 0) is 23.3 Å². The zero-order valence-corrected chi connectivity index (χ0v) is 19.0. The van der Waals surface area contributed by atoms with Crippen LogP contribution in [0, 0.1) is 26.7 Å². The first-order valence-corrected chi connectivity index (χ1v) is 11.3. The normalized spacial score (nSPS) is 23.5. The number of fused-ring (bicyclic) bond motifs is 1. The highest BCUT2D eigenvalue weighted by Gasteiger charge is 2.54. The summed E-state index contributed by atoms with van der Waals surface area (Å²) in [6, 6.07) is 12.5. The highest BCUT2D eigenvalue weighted by molar-refractivity contribution is 5.76. The summed E-state index contributed by atoms with van der Waals surface area (Å²) < 4.78 is 7.77. The Bertz CT molecular complexity index is 1110. The third-order valence-electron chi connectivity index (χ3n) is 6.98. The zero-order chi connectivity index (χ0) is 22.3. The summed E-state index contributed by atoms with van der Waals surface area (Å²) in [5.41, 5.74) is 3.04. The van der Waals surface area contributed by atoms with Crippen molar-refractivity contribution in [2.75, 3.05) is 26.2 Å². The summed E-state index contributed by atoms with van der Waals surface area (Å²) in [7, 11) is 0. The van der Waals surface area contributed by atoms with Gasteiger partial charge in [-0.05, 0) is 31.9 Å². The van der Waals surface area contributed by atoms with Crippen molar-refractivity contribution >= 4 is 5.91 Å². The molecule has 0 N–H and O–H groups in total. The summed E-state index contributed by atoms with van der Waals surface area (Å²) in [5.74, 6) is 1.69. The number of piperidine rings is 1. The van der Waals surface area contributed by atoms with Crippen molar-refractivity contribution in [1.29, 1.82) is 0 Å². The van der Waals surface area contributed by atoms with Gasteiger partial charge in [0.05, 0.1) is 11.1 Å². The van der Waals surface area contributed by atoms with Crippen LogP contribution in [0.5, 0.6) is 0 Å². The topological polar surface area (TPSA) is 80.3 Å². The molecule has 0 bridgehead atoms. The Labute approximate surface area is 188 Å². The molecule has 0 unspecified atom stereocenters. The number of nitrogens with zero attached hydrogens (tertiary/aromatic N) is 6. The molecule has 8 nitrogen and oxygen atoms in total. The Morgan fingerprint density at radius 2 is 1.97 bits per heavy atom. The van der Waals surface area contributed by atoms with Crippen molar-refractivity contribution in [2.45, 2.75) is 45.7 Å². The molecular weight excluding hydrogens is 404 g/mol. The Morgan fingerprint density at radius 3 is 2.66 bits per heavy atom. The van der Waals surface area contributed by atoms with Gasteiger partial charge in [0.15, 0.2) is 0 Å². The second-order valence-electron chi connectivity index (χ2n) is 9.31. The number of likely N-dealkylation sites (tertiary alicyclic amines) is 2. The highest BCUT2D eigenvalue weighted by Crippen LogP contribution is 2.45. The van der Waals surface area contributed by atoms with E-state index in [1.165, 1.54) is 5.56 Å². The van der Waals surface area contributed by atoms with Gasteiger partial charge in [-0.2, -0.15) is 5.10 Å². The molecule has 8 heteroatoms. The monoisotopic (exact) mass is 434 g/mol. The fourth-order valence-electron chi connectivity index (χ4n) is 5.39. The average molecular weight is 435 g/mol. The van der Waals surface area contributed by atoms with E-state index in [-0.39, 0.29) is 23.8 Å². The maximum absolute atomic E-state index is 13.1. The molecule has 3 aromatic rings. The predicted octanol–water partition coefficient (Wildman–Crippen LogP) is 2.49. The van der Waals surface area contributed by atoms with Gasteiger partial charge in [-0.1, -0.05) is 30.3 Å². The second-order valence-corrected chi connectivity index (χ2v) is 9.31. The van der Waals surface area contributed by atoms with Crippen LogP contribution in [-0.4, -0.2) is 61.9 Å². The lowest BCUT2D eigenvalue weighted by Gasteiger charge is -2.41. The van der Waals surface area contributed by atoms with Crippen molar-refractivity contribution < 1.29 is 9.21 Å². The molecule has 2 fully saturated rings. The fourth-order valence-corrected chi connectivity index (χ4v) is 5.39. The van der Waals surface area contributed by atoms with Gasteiger partial charge in [0, 0.05) is 51.3 Å². The van der Waals surface area contributed by atoms with Crippen LogP contribution in [0.2, 0.25) is 0 Å². The first-order chi connectivity index (χ1) is 15.4. The van der Waals surface area contributed by atoms with Crippen LogP contribution in [0.4, 0.5) is 0 Å². The lowest BCUT2D eigenvalue weighted by atomic mass is 9.72. The summed E-state index contributed by atoms with van der Waals surface area (Å²) in [5, 5.41) is 13.0. The Balaban J connectivity index is 1.36. The van der Waals surface area contributed by atoms with Crippen LogP contribution in [0.1, 0.15) is 35.2 Å². The van der Waals surface area contributed by atoms with Crippen LogP contribution >= 0.6 is 0 Å². The molecule has 4 heterocycles. The van der Waals surface area contributed by atoms with Gasteiger partial charge < -0.3 is 9.32 Å². The number of rotatable bonds is 5. The molecule has 0 radical (unpaired) electrons. The summed E-state index contributed by atoms with van der Waals surface area (Å²) in [6.45, 7) is 10.1. The minimum Gasteiger partial charge on any atom is -0.425 e. The van der Waals surface area contributed by atoms with Crippen molar-refractivity contribution in [1.82, 2.24) is 29.8 Å². The van der Waals surface area contributed by atoms with Crippen LogP contribution in [0.3, 0.4) is 0 Å². The smallest absolute Gasteiger partial charge is 0.244 e. The van der Waals surface area contributed by atoms with E-state index in [1.54, 1.807) is 4.68 Å². The van der Waals surface area contributed by atoms with Gasteiger partial charge in [-0.25, -0.2) is 0 Å². The lowest BCUT2D eigenvalue weighted by Crippen LogP contribution is -2.52. The number of amides is 1. The largest absolute Gasteiger partial charge is 0.425 e. The number of hydrogen-bond donors (Lipinski definition) is 0. The minimum absolute atomic E-state index is 0.119. The molecule has 1 amide bonds. The van der Waals surface area contributed by atoms with Gasteiger partial charge in [-0.15, -0.1) is 10.2 Å². The maximum atomic E-state index is 13.1. The molecule has 2 atom stereocenters. The molecule has 2 aliphatic heterocycles. The summed E-state index contributed by atoms with van der Waals surface area (Å²) in [4.78, 5) is 17.6. The van der Waals surface area contributed by atoms with Crippen LogP contribution in [0.25, 0.3) is 0 Å². The van der Waals surface area contributed by atoms with Crippen molar-refractivity contribution in [2.24, 2.45) is 5.92 Å². The SMILES string of the molecule is Cc1cc(C)n(CC(=O)N2CC[C@]3(c4nnc(C)o4)CN(Cc4ccccc4)C[C@@H]3C2)n1. The highest BCUT2D eigenvalue weighted by atomic mass is 16.4. The number of carbonyl (C=O) groups excluding carboxylic acids is 1. The van der Waals surface area contributed by atoms with E-state index in [4.69, 9.17) is 4.42 Å². The average Bonchev–Trinajstić information content (AvgIpc) is 3.45. The third kappa shape index (κ3) is 3.83. The first kappa shape index (κ1) is 20.9. The van der Waals surface area contributed by atoms with E-state index in [0.29, 0.717) is 19.0 Å². The number of benzene rings is 1. The number of aromatic nitrogens is 4. The number of carbonyl (C=O) groups is 1. The Hall–Kier alpha value is -3.00. The van der Waals surface area contributed by atoms with Gasteiger partial charge in [0.25, 0.3) is 0 Å². The van der Waals surface area contributed by atoms with Gasteiger partial charge >= 0.3 is 0 Å². The van der Waals surface area contributed by atoms with Gasteiger partial charge in [0.1, 0.15) is 6.54 Å². The molecule has 2 saturated heterocycles. The molecule has 32 heavy (non-hydrogen) atoms. The maximum Gasteiger partial charge on any atom is 0.244 e. The van der Waals surface area contributed by atoms with E-state index < -0.39 is 0 Å². The second kappa shape index (κ2) is 8.16. The van der Waals surface area contributed by atoms with Gasteiger partial charge in [0.2, 0.25) is 17.7 Å². The number of aryl methyl sites for hydroxylation is 3. The van der Waals surface area contributed by atoms with E-state index in [1.807, 2.05) is 37.8 Å². The molecule has 5 rings (SSSR count). The third-order valence-corrected chi connectivity index (χ3v) is 6.98. The standard InChI is InChI=1S/C24H30N6O2/c1-17-11-18(2)30(27-17)15-22(31)29-10-9-24(23-26-25-19(3)32-23)16-28(13-21(24)14-29)12-20-7-5-4-6-8-20/h4-8,11,21H,9-10,12-16H2,1-3H3/t21-,24+/m1/s1. The van der Waals surface area contributed by atoms with Crippen molar-refractivity contribution in [3.63, 3.8) is 0 Å². The molecule has 2 aliphatic rings. The van der Waals surface area contributed by atoms with Gasteiger partial charge in [-0.3, -0.25) is 14.4 Å². The van der Waals surface area contributed by atoms with Crippen molar-refractivity contribution in [3.8, 4) is 0 Å². The number of hydrogen-bond acceptors (Lipinski definition) is 6. The molecule has 168 valence electrons. The molecule has 0 saturated carbocycles. The van der Waals surface area contributed by atoms with Crippen LogP contribution in [0.15, 0.2) is 40.8 Å². The Morgan fingerprint density at radius 1 is 1.16 bits per heavy atom. The Kier molecular flexibility index (Phi) is 5.33. The molecule has 0 aliphatic carbocycles. The van der Waals surface area contributed by atoms with E-state index in [9.17, 15) is 4.79 Å². The zero-order valence-electron chi connectivity index (χ0n) is 19.0. The molecule has 0 spiro atoms. The fraction of sp³-hybridized carbons (Fsp3) is 0.500. The van der Waals surface area contributed by atoms with E-state index in [2.05, 4.69) is 44.5 Å². The van der Waals surface area contributed by atoms with E-state index >= 15 is 0 Å². The molecular formula is C24H30N6O2. The first-order valence-electron chi connectivity index (χ1n) is 11.3. The van der Waals surface area contributed by atoms with E-state index in [0.717, 1.165) is 43.3 Å². The predicted molar refractivity (Wildman–Crippen MR) is 119 cm³/mol. The summed E-state index contributed by atoms with van der Waals surface area (Å²) >= 11 is 0. The molecule has 2 aromatic heterocycles. The summed E-state index contributed by atoms with van der Waals surface area (Å²) in [6.07, 6.45) is 0.827. The quantitative estimate of drug-likeness (QED) is 0.614. The minimum atomic E-state index is -0.203. The van der Waals surface area contributed by atoms with Crippen LogP contribution < -0.4 is 0 Å². The lowest BCUT2D eigenvalue weighted by molar-refractivity contribution is -0.134.